The zero-order valence-electron chi connectivity index (χ0n) is 22.2. The van der Waals surface area contributed by atoms with Gasteiger partial charge in [-0.05, 0) is 29.8 Å². The Kier molecular flexibility index (Phi) is 7.86. The highest BCUT2D eigenvalue weighted by molar-refractivity contribution is 8.00. The van der Waals surface area contributed by atoms with Gasteiger partial charge in [0.2, 0.25) is 18.6 Å². The van der Waals surface area contributed by atoms with Gasteiger partial charge in [-0.3, -0.25) is 14.5 Å². The first-order chi connectivity index (χ1) is 20.0. The Morgan fingerprint density at radius 3 is 2.68 bits per heavy atom. The van der Waals surface area contributed by atoms with Crippen LogP contribution >= 0.6 is 23.4 Å². The minimum atomic E-state index is -0.309. The van der Waals surface area contributed by atoms with Crippen LogP contribution in [-0.4, -0.2) is 60.9 Å². The molecule has 0 saturated carbocycles. The number of rotatable bonds is 8. The first kappa shape index (κ1) is 27.2. The molecule has 2 aliphatic heterocycles. The molecule has 1 atom stereocenters. The third-order valence-electron chi connectivity index (χ3n) is 6.85. The van der Waals surface area contributed by atoms with Gasteiger partial charge < -0.3 is 19.5 Å². The third kappa shape index (κ3) is 5.38. The number of aromatic nitrogens is 2. The van der Waals surface area contributed by atoms with Crippen LogP contribution in [0.5, 0.6) is 11.5 Å². The van der Waals surface area contributed by atoms with Gasteiger partial charge in [0.25, 0.3) is 0 Å². The molecule has 11 heteroatoms. The van der Waals surface area contributed by atoms with E-state index in [1.807, 2.05) is 66.7 Å². The SMILES string of the molecule is COCCNC(=O)CN1C(=O)CSC(c2ccc3c(c2)OCO3)c2c(-c3ccccc3)nn(-c3ccccc3Cl)c21. The summed E-state index contributed by atoms with van der Waals surface area (Å²) in [4.78, 5) is 28.4. The zero-order chi connectivity index (χ0) is 28.3. The van der Waals surface area contributed by atoms with Gasteiger partial charge in [0.05, 0.1) is 34.0 Å². The number of nitrogens with zero attached hydrogens (tertiary/aromatic N) is 3. The number of methoxy groups -OCH3 is 1. The number of anilines is 1. The van der Waals surface area contributed by atoms with Crippen molar-refractivity contribution in [2.24, 2.45) is 0 Å². The van der Waals surface area contributed by atoms with E-state index in [2.05, 4.69) is 5.32 Å². The number of nitrogens with one attached hydrogen (secondary N) is 1. The van der Waals surface area contributed by atoms with Crippen molar-refractivity contribution in [2.45, 2.75) is 5.25 Å². The fourth-order valence-corrected chi connectivity index (χ4v) is 6.35. The lowest BCUT2D eigenvalue weighted by atomic mass is 9.99. The summed E-state index contributed by atoms with van der Waals surface area (Å²) < 4.78 is 18.0. The highest BCUT2D eigenvalue weighted by Crippen LogP contribution is 2.50. The predicted molar refractivity (Wildman–Crippen MR) is 158 cm³/mol. The maximum absolute atomic E-state index is 13.8. The van der Waals surface area contributed by atoms with Gasteiger partial charge in [0, 0.05) is 24.8 Å². The molecule has 6 rings (SSSR count). The topological polar surface area (TPSA) is 94.9 Å². The smallest absolute Gasteiger partial charge is 0.240 e. The Hall–Kier alpha value is -3.99. The summed E-state index contributed by atoms with van der Waals surface area (Å²) >= 11 is 8.18. The number of amides is 2. The summed E-state index contributed by atoms with van der Waals surface area (Å²) in [5.74, 6) is 1.45. The van der Waals surface area contributed by atoms with Gasteiger partial charge in [-0.2, -0.15) is 5.10 Å². The van der Waals surface area contributed by atoms with Crippen molar-refractivity contribution in [3.8, 4) is 28.4 Å². The van der Waals surface area contributed by atoms with Crippen LogP contribution in [0.15, 0.2) is 72.8 Å². The van der Waals surface area contributed by atoms with Gasteiger partial charge in [0.1, 0.15) is 12.4 Å². The second-order valence-electron chi connectivity index (χ2n) is 9.44. The minimum absolute atomic E-state index is 0.149. The second kappa shape index (κ2) is 11.9. The standard InChI is InChI=1S/C30H27ClN4O5S/c1-38-14-13-32-25(36)16-34-26(37)17-41-29(20-11-12-23-24(15-20)40-18-39-23)27-28(19-7-3-2-4-8-19)33-35(30(27)34)22-10-6-5-9-21(22)31/h2-12,15,29H,13-14,16-18H2,1H3,(H,32,36). The van der Waals surface area contributed by atoms with Crippen molar-refractivity contribution >= 4 is 41.0 Å². The lowest BCUT2D eigenvalue weighted by Crippen LogP contribution is -2.43. The van der Waals surface area contributed by atoms with Gasteiger partial charge in [0.15, 0.2) is 11.5 Å². The first-order valence-electron chi connectivity index (χ1n) is 13.1. The molecule has 3 heterocycles. The number of thioether (sulfide) groups is 1. The molecule has 3 aromatic carbocycles. The van der Waals surface area contributed by atoms with E-state index < -0.39 is 0 Å². The van der Waals surface area contributed by atoms with E-state index in [0.29, 0.717) is 46.9 Å². The number of para-hydroxylation sites is 1. The molecule has 0 aliphatic carbocycles. The number of halogens is 1. The number of carbonyl (C=O) groups is 2. The lowest BCUT2D eigenvalue weighted by molar-refractivity contribution is -0.123. The molecule has 210 valence electrons. The Bertz CT molecular complexity index is 1600. The van der Waals surface area contributed by atoms with Crippen LogP contribution in [0.25, 0.3) is 16.9 Å². The van der Waals surface area contributed by atoms with Crippen molar-refractivity contribution in [2.75, 3.05) is 44.3 Å². The molecule has 2 aliphatic rings. The molecule has 9 nitrogen and oxygen atoms in total. The Morgan fingerprint density at radius 2 is 1.88 bits per heavy atom. The number of hydrogen-bond acceptors (Lipinski definition) is 7. The van der Waals surface area contributed by atoms with Crippen LogP contribution in [0.2, 0.25) is 5.02 Å². The van der Waals surface area contributed by atoms with E-state index in [1.54, 1.807) is 17.9 Å². The molecule has 4 aromatic rings. The Morgan fingerprint density at radius 1 is 1.10 bits per heavy atom. The van der Waals surface area contributed by atoms with Crippen molar-refractivity contribution in [1.82, 2.24) is 15.1 Å². The minimum Gasteiger partial charge on any atom is -0.454 e. The zero-order valence-corrected chi connectivity index (χ0v) is 23.8. The molecule has 0 saturated heterocycles. The van der Waals surface area contributed by atoms with Crippen molar-refractivity contribution in [3.63, 3.8) is 0 Å². The average Bonchev–Trinajstić information content (AvgIpc) is 3.59. The van der Waals surface area contributed by atoms with Crippen LogP contribution in [0.3, 0.4) is 0 Å². The molecule has 2 amide bonds. The van der Waals surface area contributed by atoms with Gasteiger partial charge in [-0.1, -0.05) is 60.1 Å². The molecule has 1 unspecified atom stereocenters. The van der Waals surface area contributed by atoms with E-state index >= 15 is 0 Å². The van der Waals surface area contributed by atoms with E-state index in [4.69, 9.17) is 30.9 Å². The molecule has 0 spiro atoms. The maximum Gasteiger partial charge on any atom is 0.240 e. The summed E-state index contributed by atoms with van der Waals surface area (Å²) in [7, 11) is 1.57. The van der Waals surface area contributed by atoms with Crippen LogP contribution in [0, 0.1) is 0 Å². The summed E-state index contributed by atoms with van der Waals surface area (Å²) in [5.41, 5.74) is 3.89. The first-order valence-corrected chi connectivity index (χ1v) is 14.5. The molecular formula is C30H27ClN4O5S. The fraction of sp³-hybridized carbons (Fsp3) is 0.233. The summed E-state index contributed by atoms with van der Waals surface area (Å²) in [6, 6.07) is 22.9. The molecular weight excluding hydrogens is 564 g/mol. The largest absolute Gasteiger partial charge is 0.454 e. The van der Waals surface area contributed by atoms with Crippen LogP contribution in [0.1, 0.15) is 16.4 Å². The normalized spacial score (nSPS) is 15.9. The molecule has 0 radical (unpaired) electrons. The number of benzene rings is 3. The lowest BCUT2D eigenvalue weighted by Gasteiger charge is -2.23. The summed E-state index contributed by atoms with van der Waals surface area (Å²) in [6.45, 7) is 0.668. The van der Waals surface area contributed by atoms with E-state index in [9.17, 15) is 9.59 Å². The molecule has 0 fully saturated rings. The van der Waals surface area contributed by atoms with Crippen molar-refractivity contribution in [3.05, 3.63) is 88.9 Å². The summed E-state index contributed by atoms with van der Waals surface area (Å²) in [5, 5.41) is 8.05. The molecule has 1 aromatic heterocycles. The van der Waals surface area contributed by atoms with Crippen molar-refractivity contribution in [1.29, 1.82) is 0 Å². The van der Waals surface area contributed by atoms with E-state index in [1.165, 1.54) is 16.7 Å². The Balaban J connectivity index is 1.58. The monoisotopic (exact) mass is 590 g/mol. The van der Waals surface area contributed by atoms with Crippen molar-refractivity contribution < 1.29 is 23.8 Å². The maximum atomic E-state index is 13.8. The number of ether oxygens (including phenoxy) is 3. The molecule has 0 bridgehead atoms. The average molecular weight is 591 g/mol. The van der Waals surface area contributed by atoms with Gasteiger partial charge in [-0.25, -0.2) is 4.68 Å². The van der Waals surface area contributed by atoms with Gasteiger partial charge >= 0.3 is 0 Å². The highest BCUT2D eigenvalue weighted by atomic mass is 35.5. The second-order valence-corrected chi connectivity index (χ2v) is 10.9. The van der Waals surface area contributed by atoms with E-state index in [-0.39, 0.29) is 36.2 Å². The quantitative estimate of drug-likeness (QED) is 0.293. The van der Waals surface area contributed by atoms with Gasteiger partial charge in [-0.15, -0.1) is 11.8 Å². The Labute approximate surface area is 246 Å². The van der Waals surface area contributed by atoms with E-state index in [0.717, 1.165) is 16.7 Å². The number of hydrogen-bond donors (Lipinski definition) is 1. The third-order valence-corrected chi connectivity index (χ3v) is 8.42. The van der Waals surface area contributed by atoms with Crippen LogP contribution < -0.4 is 19.7 Å². The summed E-state index contributed by atoms with van der Waals surface area (Å²) in [6.07, 6.45) is 0. The predicted octanol–water partition coefficient (Wildman–Crippen LogP) is 4.85. The fourth-order valence-electron chi connectivity index (χ4n) is 4.95. The van der Waals surface area contributed by atoms with Crippen LogP contribution in [0.4, 0.5) is 5.82 Å². The molecule has 41 heavy (non-hydrogen) atoms. The number of carbonyl (C=O) groups excluding carboxylic acids is 2. The van der Waals surface area contributed by atoms with Crippen LogP contribution in [-0.2, 0) is 14.3 Å². The number of fused-ring (bicyclic) bond motifs is 2. The molecule has 1 N–H and O–H groups in total. The highest BCUT2D eigenvalue weighted by Gasteiger charge is 2.38.